The molecule has 0 radical (unpaired) electrons. The third-order valence-corrected chi connectivity index (χ3v) is 2.42. The van der Waals surface area contributed by atoms with Crippen LogP contribution in [0.3, 0.4) is 0 Å². The van der Waals surface area contributed by atoms with Gasteiger partial charge in [0.25, 0.3) is 0 Å². The number of hydrogen-bond acceptors (Lipinski definition) is 4. The van der Waals surface area contributed by atoms with Crippen molar-refractivity contribution in [3.63, 3.8) is 0 Å². The number of pyridine rings is 1. The molecule has 0 amide bonds. The number of hydrogen-bond donors (Lipinski definition) is 2. The van der Waals surface area contributed by atoms with Crippen molar-refractivity contribution in [1.82, 2.24) is 4.98 Å². The predicted molar refractivity (Wildman–Crippen MR) is 70.2 cm³/mol. The van der Waals surface area contributed by atoms with E-state index in [1.165, 1.54) is 24.4 Å². The Balaban J connectivity index is 2.24. The van der Waals surface area contributed by atoms with Crippen molar-refractivity contribution < 1.29 is 17.9 Å². The van der Waals surface area contributed by atoms with Gasteiger partial charge in [-0.1, -0.05) is 12.1 Å². The van der Waals surface area contributed by atoms with Crippen molar-refractivity contribution >= 4 is 17.1 Å². The molecular formula is C13H12F3N3O. The summed E-state index contributed by atoms with van der Waals surface area (Å²) < 4.78 is 40.9. The maximum atomic E-state index is 12.3. The van der Waals surface area contributed by atoms with Crippen LogP contribution in [-0.4, -0.2) is 18.4 Å². The summed E-state index contributed by atoms with van der Waals surface area (Å²) in [5.41, 5.74) is 1.50. The predicted octanol–water partition coefficient (Wildman–Crippen LogP) is 3.77. The maximum Gasteiger partial charge on any atom is 0.573 e. The Labute approximate surface area is 113 Å². The Morgan fingerprint density at radius 3 is 2.50 bits per heavy atom. The SMILES string of the molecule is CNc1cncc(Nc2ccccc2OC(F)(F)F)c1. The number of para-hydroxylation sites is 2. The molecule has 0 atom stereocenters. The number of ether oxygens (including phenoxy) is 1. The summed E-state index contributed by atoms with van der Waals surface area (Å²) in [6.07, 6.45) is -1.63. The largest absolute Gasteiger partial charge is 0.573 e. The highest BCUT2D eigenvalue weighted by Gasteiger charge is 2.32. The zero-order chi connectivity index (χ0) is 14.6. The molecule has 1 aromatic carbocycles. The highest BCUT2D eigenvalue weighted by molar-refractivity contribution is 5.67. The van der Waals surface area contributed by atoms with Gasteiger partial charge in [-0.3, -0.25) is 4.98 Å². The molecule has 2 N–H and O–H groups in total. The highest BCUT2D eigenvalue weighted by atomic mass is 19.4. The van der Waals surface area contributed by atoms with E-state index in [0.717, 1.165) is 5.69 Å². The summed E-state index contributed by atoms with van der Waals surface area (Å²) in [6, 6.07) is 7.53. The van der Waals surface area contributed by atoms with Gasteiger partial charge in [0, 0.05) is 7.05 Å². The van der Waals surface area contributed by atoms with E-state index in [4.69, 9.17) is 0 Å². The third-order valence-electron chi connectivity index (χ3n) is 2.42. The second-order valence-corrected chi connectivity index (χ2v) is 3.88. The lowest BCUT2D eigenvalue weighted by atomic mass is 10.2. The van der Waals surface area contributed by atoms with E-state index in [0.29, 0.717) is 5.69 Å². The molecule has 0 spiro atoms. The molecule has 0 aliphatic carbocycles. The normalized spacial score (nSPS) is 11.0. The van der Waals surface area contributed by atoms with Crippen LogP contribution in [0.2, 0.25) is 0 Å². The topological polar surface area (TPSA) is 46.2 Å². The number of nitrogens with one attached hydrogen (secondary N) is 2. The van der Waals surface area contributed by atoms with Crippen LogP contribution in [0.15, 0.2) is 42.7 Å². The minimum atomic E-state index is -4.73. The Hall–Kier alpha value is -2.44. The minimum Gasteiger partial charge on any atom is -0.404 e. The average Bonchev–Trinajstić information content (AvgIpc) is 2.40. The number of halogens is 3. The first-order valence-electron chi connectivity index (χ1n) is 5.72. The van der Waals surface area contributed by atoms with Crippen LogP contribution < -0.4 is 15.4 Å². The van der Waals surface area contributed by atoms with E-state index in [2.05, 4.69) is 20.4 Å². The maximum absolute atomic E-state index is 12.3. The van der Waals surface area contributed by atoms with E-state index < -0.39 is 6.36 Å². The van der Waals surface area contributed by atoms with Crippen LogP contribution in [0, 0.1) is 0 Å². The summed E-state index contributed by atoms with van der Waals surface area (Å²) in [5, 5.41) is 5.73. The first-order valence-corrected chi connectivity index (χ1v) is 5.72. The van der Waals surface area contributed by atoms with Crippen LogP contribution in [0.4, 0.5) is 30.2 Å². The molecule has 0 aliphatic rings. The fraction of sp³-hybridized carbons (Fsp3) is 0.154. The molecule has 0 fully saturated rings. The number of rotatable bonds is 4. The molecule has 7 heteroatoms. The van der Waals surface area contributed by atoms with Crippen molar-refractivity contribution in [2.75, 3.05) is 17.7 Å². The van der Waals surface area contributed by atoms with Gasteiger partial charge >= 0.3 is 6.36 Å². The second kappa shape index (κ2) is 5.68. The summed E-state index contributed by atoms with van der Waals surface area (Å²) in [7, 11) is 1.72. The number of nitrogens with zero attached hydrogens (tertiary/aromatic N) is 1. The third kappa shape index (κ3) is 3.78. The molecular weight excluding hydrogens is 271 g/mol. The van der Waals surface area contributed by atoms with Crippen LogP contribution in [-0.2, 0) is 0 Å². The van der Waals surface area contributed by atoms with Gasteiger partial charge in [0.15, 0.2) is 5.75 Å². The van der Waals surface area contributed by atoms with Crippen molar-refractivity contribution in [1.29, 1.82) is 0 Å². The Bertz CT molecular complexity index is 587. The molecule has 0 unspecified atom stereocenters. The zero-order valence-electron chi connectivity index (χ0n) is 10.5. The van der Waals surface area contributed by atoms with E-state index in [1.807, 2.05) is 0 Å². The smallest absolute Gasteiger partial charge is 0.404 e. The standard InChI is InChI=1S/C13H12F3N3O/c1-17-9-6-10(8-18-7-9)19-11-4-2-3-5-12(11)20-13(14,15)16/h2-8,17,19H,1H3. The molecule has 1 aromatic heterocycles. The van der Waals surface area contributed by atoms with Gasteiger partial charge < -0.3 is 15.4 Å². The first-order chi connectivity index (χ1) is 9.48. The highest BCUT2D eigenvalue weighted by Crippen LogP contribution is 2.32. The Morgan fingerprint density at radius 1 is 1.10 bits per heavy atom. The van der Waals surface area contributed by atoms with E-state index in [1.54, 1.807) is 25.4 Å². The van der Waals surface area contributed by atoms with Gasteiger partial charge in [-0.15, -0.1) is 13.2 Å². The summed E-state index contributed by atoms with van der Waals surface area (Å²) in [4.78, 5) is 3.97. The zero-order valence-corrected chi connectivity index (χ0v) is 10.5. The lowest BCUT2D eigenvalue weighted by Gasteiger charge is -2.14. The van der Waals surface area contributed by atoms with Gasteiger partial charge in [-0.25, -0.2) is 0 Å². The number of benzene rings is 1. The lowest BCUT2D eigenvalue weighted by Crippen LogP contribution is -2.17. The van der Waals surface area contributed by atoms with E-state index >= 15 is 0 Å². The van der Waals surface area contributed by atoms with E-state index in [-0.39, 0.29) is 11.4 Å². The van der Waals surface area contributed by atoms with Crippen LogP contribution in [0.25, 0.3) is 0 Å². The molecule has 2 rings (SSSR count). The van der Waals surface area contributed by atoms with Crippen molar-refractivity contribution in [3.05, 3.63) is 42.7 Å². The fourth-order valence-corrected chi connectivity index (χ4v) is 1.58. The summed E-state index contributed by atoms with van der Waals surface area (Å²) >= 11 is 0. The summed E-state index contributed by atoms with van der Waals surface area (Å²) in [5.74, 6) is -0.296. The van der Waals surface area contributed by atoms with Gasteiger partial charge in [0.05, 0.1) is 29.5 Å². The number of aromatic nitrogens is 1. The summed E-state index contributed by atoms with van der Waals surface area (Å²) in [6.45, 7) is 0. The first kappa shape index (κ1) is 14.0. The molecule has 20 heavy (non-hydrogen) atoms. The number of anilines is 3. The van der Waals surface area contributed by atoms with Crippen molar-refractivity contribution in [2.24, 2.45) is 0 Å². The molecule has 0 saturated carbocycles. The van der Waals surface area contributed by atoms with Crippen LogP contribution >= 0.6 is 0 Å². The number of alkyl halides is 3. The molecule has 0 aliphatic heterocycles. The molecule has 0 saturated heterocycles. The van der Waals surface area contributed by atoms with Gasteiger partial charge in [0.1, 0.15) is 0 Å². The fourth-order valence-electron chi connectivity index (χ4n) is 1.58. The average molecular weight is 283 g/mol. The minimum absolute atomic E-state index is 0.208. The van der Waals surface area contributed by atoms with Gasteiger partial charge in [-0.05, 0) is 18.2 Å². The molecule has 0 bridgehead atoms. The van der Waals surface area contributed by atoms with Gasteiger partial charge in [-0.2, -0.15) is 0 Å². The van der Waals surface area contributed by atoms with E-state index in [9.17, 15) is 13.2 Å². The molecule has 4 nitrogen and oxygen atoms in total. The van der Waals surface area contributed by atoms with Crippen molar-refractivity contribution in [3.8, 4) is 5.75 Å². The molecule has 106 valence electrons. The Morgan fingerprint density at radius 2 is 1.80 bits per heavy atom. The molecule has 1 heterocycles. The quantitative estimate of drug-likeness (QED) is 0.896. The second-order valence-electron chi connectivity index (χ2n) is 3.88. The van der Waals surface area contributed by atoms with Crippen molar-refractivity contribution in [2.45, 2.75) is 6.36 Å². The monoisotopic (exact) mass is 283 g/mol. The van der Waals surface area contributed by atoms with Crippen LogP contribution in [0.1, 0.15) is 0 Å². The van der Waals surface area contributed by atoms with Crippen LogP contribution in [0.5, 0.6) is 5.75 Å². The van der Waals surface area contributed by atoms with Gasteiger partial charge in [0.2, 0.25) is 0 Å². The Kier molecular flexibility index (Phi) is 3.97. The molecule has 2 aromatic rings. The lowest BCUT2D eigenvalue weighted by molar-refractivity contribution is -0.274.